The van der Waals surface area contributed by atoms with E-state index in [0.717, 1.165) is 51.4 Å². The van der Waals surface area contributed by atoms with Gasteiger partial charge in [-0.1, -0.05) is 19.0 Å². The summed E-state index contributed by atoms with van der Waals surface area (Å²) in [6.45, 7) is 7.60. The second-order valence-electron chi connectivity index (χ2n) is 10.4. The van der Waals surface area contributed by atoms with E-state index in [9.17, 15) is 14.8 Å². The van der Waals surface area contributed by atoms with Gasteiger partial charge in [-0.15, -0.1) is 0 Å². The molecule has 0 amide bonds. The lowest BCUT2D eigenvalue weighted by atomic mass is 9.45. The number of fused-ring (bicyclic) bond motifs is 5. The van der Waals surface area contributed by atoms with Gasteiger partial charge in [-0.05, 0) is 80.5 Å². The quantitative estimate of drug-likeness (QED) is 0.420. The van der Waals surface area contributed by atoms with Gasteiger partial charge in [0.05, 0.1) is 0 Å². The van der Waals surface area contributed by atoms with Crippen LogP contribution in [-0.4, -0.2) is 35.1 Å². The lowest BCUT2D eigenvalue weighted by Crippen LogP contribution is -2.54. The van der Waals surface area contributed by atoms with E-state index in [1.165, 1.54) is 13.8 Å². The Morgan fingerprint density at radius 3 is 2.34 bits per heavy atom. The minimum Gasteiger partial charge on any atom is -0.463 e. The zero-order chi connectivity index (χ0) is 21.0. The van der Waals surface area contributed by atoms with Crippen molar-refractivity contribution in [3.63, 3.8) is 0 Å². The average molecular weight is 406 g/mol. The normalized spacial score (nSPS) is 47.7. The lowest BCUT2D eigenvalue weighted by molar-refractivity contribution is -0.158. The smallest absolute Gasteiger partial charge is 0.303 e. The molecule has 6 nitrogen and oxygen atoms in total. The predicted octanol–water partition coefficient (Wildman–Crippen LogP) is 4.33. The first-order chi connectivity index (χ1) is 13.7. The Kier molecular flexibility index (Phi) is 5.19. The van der Waals surface area contributed by atoms with E-state index in [1.807, 2.05) is 0 Å². The molecule has 0 unspecified atom stereocenters. The Labute approximate surface area is 173 Å². The summed E-state index contributed by atoms with van der Waals surface area (Å²) >= 11 is 0. The molecule has 0 bridgehead atoms. The van der Waals surface area contributed by atoms with E-state index in [0.29, 0.717) is 29.4 Å². The molecule has 0 spiro atoms. The molecule has 4 fully saturated rings. The first-order valence-electron chi connectivity index (χ1n) is 11.3. The standard InChI is InChI=1S/C23H35NO5/c1-13(25)28-16-7-9-22(3)15(11-16)5-6-17-18(22)8-10-23(4)19(17)12-20(21(23)24-27)29-14(2)26/h15-20,27H,5-12H2,1-4H3/b24-21-/t15-,16-,17+,18-,19-,20-,22-,23-/m0/s1. The highest BCUT2D eigenvalue weighted by Gasteiger charge is 2.62. The first kappa shape index (κ1) is 20.7. The fourth-order valence-corrected chi connectivity index (χ4v) is 7.83. The van der Waals surface area contributed by atoms with Gasteiger partial charge >= 0.3 is 11.9 Å². The van der Waals surface area contributed by atoms with Gasteiger partial charge in [-0.2, -0.15) is 0 Å². The van der Waals surface area contributed by atoms with Crippen molar-refractivity contribution in [3.05, 3.63) is 0 Å². The van der Waals surface area contributed by atoms with E-state index in [2.05, 4.69) is 19.0 Å². The number of hydrogen-bond acceptors (Lipinski definition) is 6. The van der Waals surface area contributed by atoms with Crippen LogP contribution < -0.4 is 0 Å². The fraction of sp³-hybridized carbons (Fsp3) is 0.870. The Balaban J connectivity index is 1.56. The SMILES string of the molecule is CC(=O)O[C@H]1CC[C@@]2(C)[C@@H](CC[C@@H]3[C@@H]2CC[C@]2(C)/C(=N\O)[C@@H](OC(C)=O)C[C@@H]32)C1. The van der Waals surface area contributed by atoms with Crippen molar-refractivity contribution >= 4 is 17.7 Å². The molecule has 29 heavy (non-hydrogen) atoms. The molecule has 0 radical (unpaired) electrons. The second kappa shape index (κ2) is 7.28. The van der Waals surface area contributed by atoms with Crippen LogP contribution in [-0.2, 0) is 19.1 Å². The Morgan fingerprint density at radius 2 is 1.69 bits per heavy atom. The summed E-state index contributed by atoms with van der Waals surface area (Å²) in [6.07, 6.45) is 7.91. The zero-order valence-corrected chi connectivity index (χ0v) is 18.1. The molecular formula is C23H35NO5. The third-order valence-electron chi connectivity index (χ3n) is 9.11. The number of rotatable bonds is 2. The third-order valence-corrected chi connectivity index (χ3v) is 9.11. The number of nitrogens with zero attached hydrogens (tertiary/aromatic N) is 1. The molecule has 0 heterocycles. The predicted molar refractivity (Wildman–Crippen MR) is 107 cm³/mol. The molecule has 4 aliphatic carbocycles. The van der Waals surface area contributed by atoms with Crippen molar-refractivity contribution in [3.8, 4) is 0 Å². The van der Waals surface area contributed by atoms with Gasteiger partial charge in [0.25, 0.3) is 0 Å². The number of esters is 2. The molecule has 162 valence electrons. The van der Waals surface area contributed by atoms with Crippen molar-refractivity contribution in [2.45, 2.75) is 91.3 Å². The molecule has 4 rings (SSSR count). The average Bonchev–Trinajstić information content (AvgIpc) is 2.92. The number of hydrogen-bond donors (Lipinski definition) is 1. The van der Waals surface area contributed by atoms with Crippen molar-refractivity contribution in [1.82, 2.24) is 0 Å². The number of ether oxygens (including phenoxy) is 2. The summed E-state index contributed by atoms with van der Waals surface area (Å²) in [5.74, 6) is 1.71. The molecule has 0 aromatic carbocycles. The van der Waals surface area contributed by atoms with Crippen LogP contribution >= 0.6 is 0 Å². The molecule has 4 saturated carbocycles. The van der Waals surface area contributed by atoms with Gasteiger partial charge < -0.3 is 14.7 Å². The minimum atomic E-state index is -0.392. The van der Waals surface area contributed by atoms with Crippen LogP contribution in [0.5, 0.6) is 0 Å². The van der Waals surface area contributed by atoms with E-state index in [-0.39, 0.29) is 28.9 Å². The van der Waals surface area contributed by atoms with Crippen LogP contribution in [0, 0.1) is 34.5 Å². The van der Waals surface area contributed by atoms with Crippen LogP contribution in [0.3, 0.4) is 0 Å². The highest BCUT2D eigenvalue weighted by molar-refractivity contribution is 5.97. The van der Waals surface area contributed by atoms with Crippen LogP contribution in [0.25, 0.3) is 0 Å². The summed E-state index contributed by atoms with van der Waals surface area (Å²) < 4.78 is 11.1. The summed E-state index contributed by atoms with van der Waals surface area (Å²) in [7, 11) is 0. The van der Waals surface area contributed by atoms with Crippen molar-refractivity contribution in [2.75, 3.05) is 0 Å². The monoisotopic (exact) mass is 405 g/mol. The third kappa shape index (κ3) is 3.27. The molecule has 1 N–H and O–H groups in total. The number of carbonyl (C=O) groups excluding carboxylic acids is 2. The zero-order valence-electron chi connectivity index (χ0n) is 18.1. The minimum absolute atomic E-state index is 0.0731. The number of carbonyl (C=O) groups is 2. The summed E-state index contributed by atoms with van der Waals surface area (Å²) in [5, 5.41) is 13.4. The highest BCUT2D eigenvalue weighted by atomic mass is 16.5. The maximum atomic E-state index is 11.6. The molecule has 0 saturated heterocycles. The van der Waals surface area contributed by atoms with E-state index < -0.39 is 6.10 Å². The highest BCUT2D eigenvalue weighted by Crippen LogP contribution is 2.66. The molecule has 0 aromatic rings. The van der Waals surface area contributed by atoms with Crippen molar-refractivity contribution in [2.24, 2.45) is 39.7 Å². The van der Waals surface area contributed by atoms with E-state index >= 15 is 0 Å². The van der Waals surface area contributed by atoms with Gasteiger partial charge in [-0.25, -0.2) is 0 Å². The molecule has 0 aliphatic heterocycles. The largest absolute Gasteiger partial charge is 0.463 e. The lowest BCUT2D eigenvalue weighted by Gasteiger charge is -2.60. The summed E-state index contributed by atoms with van der Waals surface area (Å²) in [6, 6.07) is 0. The maximum absolute atomic E-state index is 11.6. The van der Waals surface area contributed by atoms with E-state index in [1.54, 1.807) is 0 Å². The Bertz CT molecular complexity index is 720. The van der Waals surface area contributed by atoms with Crippen LogP contribution in [0.2, 0.25) is 0 Å². The van der Waals surface area contributed by atoms with Gasteiger partial charge in [0.2, 0.25) is 0 Å². The van der Waals surface area contributed by atoms with Gasteiger partial charge in [0.1, 0.15) is 17.9 Å². The molecular weight excluding hydrogens is 370 g/mol. The van der Waals surface area contributed by atoms with Gasteiger partial charge in [0.15, 0.2) is 0 Å². The van der Waals surface area contributed by atoms with Crippen LogP contribution in [0.4, 0.5) is 0 Å². The molecule has 8 atom stereocenters. The number of oxime groups is 1. The summed E-state index contributed by atoms with van der Waals surface area (Å²) in [5.41, 5.74) is 0.757. The van der Waals surface area contributed by atoms with Crippen molar-refractivity contribution in [1.29, 1.82) is 0 Å². The maximum Gasteiger partial charge on any atom is 0.303 e. The molecule has 6 heteroatoms. The summed E-state index contributed by atoms with van der Waals surface area (Å²) in [4.78, 5) is 23.0. The molecule has 0 aromatic heterocycles. The second-order valence-corrected chi connectivity index (χ2v) is 10.4. The topological polar surface area (TPSA) is 85.2 Å². The fourth-order valence-electron chi connectivity index (χ4n) is 7.83. The van der Waals surface area contributed by atoms with Gasteiger partial charge in [-0.3, -0.25) is 9.59 Å². The van der Waals surface area contributed by atoms with Crippen molar-refractivity contribution < 1.29 is 24.3 Å². The Hall–Kier alpha value is -1.59. The van der Waals surface area contributed by atoms with Gasteiger partial charge in [0, 0.05) is 19.3 Å². The van der Waals surface area contributed by atoms with Crippen LogP contribution in [0.1, 0.15) is 79.1 Å². The van der Waals surface area contributed by atoms with E-state index in [4.69, 9.17) is 9.47 Å². The van der Waals surface area contributed by atoms with Crippen LogP contribution in [0.15, 0.2) is 5.16 Å². The molecule has 4 aliphatic rings. The first-order valence-corrected chi connectivity index (χ1v) is 11.3. The Morgan fingerprint density at radius 1 is 0.966 bits per heavy atom.